The van der Waals surface area contributed by atoms with Crippen molar-refractivity contribution in [2.75, 3.05) is 11.4 Å². The Bertz CT molecular complexity index is 552. The SMILES string of the molecule is N#Cc1cc([N+](=O)[O-])cnc1N1CCCCC1C=O. The van der Waals surface area contributed by atoms with Crippen molar-refractivity contribution in [3.05, 3.63) is 27.9 Å². The molecular weight excluding hydrogens is 248 g/mol. The third-order valence-corrected chi connectivity index (χ3v) is 3.16. The second kappa shape index (κ2) is 5.44. The predicted molar refractivity (Wildman–Crippen MR) is 66.7 cm³/mol. The quantitative estimate of drug-likeness (QED) is 0.463. The molecule has 0 aromatic carbocycles. The van der Waals surface area contributed by atoms with E-state index in [4.69, 9.17) is 5.26 Å². The smallest absolute Gasteiger partial charge is 0.289 e. The van der Waals surface area contributed by atoms with Crippen LogP contribution in [0.25, 0.3) is 0 Å². The van der Waals surface area contributed by atoms with Crippen molar-refractivity contribution in [1.29, 1.82) is 5.26 Å². The third kappa shape index (κ3) is 2.52. The number of hydrogen-bond donors (Lipinski definition) is 0. The fourth-order valence-electron chi connectivity index (χ4n) is 2.22. The second-order valence-corrected chi connectivity index (χ2v) is 4.33. The van der Waals surface area contributed by atoms with Gasteiger partial charge in [-0.05, 0) is 19.3 Å². The number of aldehydes is 1. The summed E-state index contributed by atoms with van der Waals surface area (Å²) in [6.45, 7) is 0.628. The first-order valence-electron chi connectivity index (χ1n) is 5.94. The Morgan fingerprint density at radius 1 is 1.58 bits per heavy atom. The highest BCUT2D eigenvalue weighted by molar-refractivity contribution is 5.68. The molecule has 7 nitrogen and oxygen atoms in total. The predicted octanol–water partition coefficient (Wildman–Crippen LogP) is 1.42. The van der Waals surface area contributed by atoms with Crippen LogP contribution >= 0.6 is 0 Å². The summed E-state index contributed by atoms with van der Waals surface area (Å²) in [4.78, 5) is 26.9. The standard InChI is InChI=1S/C12H12N4O3/c13-6-9-5-11(16(18)19)7-14-12(9)15-4-2-1-3-10(15)8-17/h5,7-8,10H,1-4H2. The molecule has 0 amide bonds. The minimum absolute atomic E-state index is 0.128. The van der Waals surface area contributed by atoms with Crippen LogP contribution in [-0.4, -0.2) is 28.8 Å². The van der Waals surface area contributed by atoms with E-state index in [1.807, 2.05) is 6.07 Å². The van der Waals surface area contributed by atoms with Crippen molar-refractivity contribution >= 4 is 17.8 Å². The fraction of sp³-hybridized carbons (Fsp3) is 0.417. The van der Waals surface area contributed by atoms with Crippen LogP contribution < -0.4 is 4.90 Å². The number of rotatable bonds is 3. The lowest BCUT2D eigenvalue weighted by atomic mass is 10.0. The number of aromatic nitrogens is 1. The highest BCUT2D eigenvalue weighted by Gasteiger charge is 2.26. The molecule has 1 atom stereocenters. The maximum absolute atomic E-state index is 11.1. The second-order valence-electron chi connectivity index (χ2n) is 4.33. The molecule has 1 fully saturated rings. The monoisotopic (exact) mass is 260 g/mol. The van der Waals surface area contributed by atoms with Crippen molar-refractivity contribution in [3.63, 3.8) is 0 Å². The molecule has 1 saturated heterocycles. The number of pyridine rings is 1. The molecule has 1 aromatic rings. The number of carbonyl (C=O) groups excluding carboxylic acids is 1. The van der Waals surface area contributed by atoms with Gasteiger partial charge in [-0.3, -0.25) is 10.1 Å². The van der Waals surface area contributed by atoms with E-state index in [0.717, 1.165) is 25.3 Å². The van der Waals surface area contributed by atoms with Crippen LogP contribution in [0.5, 0.6) is 0 Å². The lowest BCUT2D eigenvalue weighted by Gasteiger charge is -2.33. The first-order valence-corrected chi connectivity index (χ1v) is 5.94. The molecule has 1 aliphatic heterocycles. The Morgan fingerprint density at radius 3 is 3.00 bits per heavy atom. The van der Waals surface area contributed by atoms with Crippen LogP contribution in [0, 0.1) is 21.4 Å². The first-order chi connectivity index (χ1) is 9.17. The lowest BCUT2D eigenvalue weighted by Crippen LogP contribution is -2.41. The van der Waals surface area contributed by atoms with Gasteiger partial charge in [-0.15, -0.1) is 0 Å². The summed E-state index contributed by atoms with van der Waals surface area (Å²) in [6, 6.07) is 2.79. The van der Waals surface area contributed by atoms with Gasteiger partial charge in [0.15, 0.2) is 0 Å². The number of anilines is 1. The third-order valence-electron chi connectivity index (χ3n) is 3.16. The molecule has 0 spiro atoms. The number of nitriles is 1. The van der Waals surface area contributed by atoms with Gasteiger partial charge in [0.25, 0.3) is 5.69 Å². The molecule has 19 heavy (non-hydrogen) atoms. The van der Waals surface area contributed by atoms with Crippen LogP contribution in [0.4, 0.5) is 11.5 Å². The summed E-state index contributed by atoms with van der Waals surface area (Å²) in [5, 5.41) is 19.8. The van der Waals surface area contributed by atoms with Crippen molar-refractivity contribution in [1.82, 2.24) is 4.98 Å². The number of carbonyl (C=O) groups is 1. The molecule has 1 aromatic heterocycles. The Morgan fingerprint density at radius 2 is 2.37 bits per heavy atom. The van der Waals surface area contributed by atoms with Gasteiger partial charge in [-0.1, -0.05) is 0 Å². The maximum Gasteiger partial charge on any atom is 0.289 e. The van der Waals surface area contributed by atoms with Gasteiger partial charge < -0.3 is 9.69 Å². The molecule has 0 radical (unpaired) electrons. The molecule has 0 N–H and O–H groups in total. The molecule has 2 heterocycles. The van der Waals surface area contributed by atoms with Crippen LogP contribution in [0.2, 0.25) is 0 Å². The van der Waals surface area contributed by atoms with E-state index >= 15 is 0 Å². The Kier molecular flexibility index (Phi) is 3.71. The Labute approximate surface area is 109 Å². The van der Waals surface area contributed by atoms with Gasteiger partial charge in [0.2, 0.25) is 0 Å². The van der Waals surface area contributed by atoms with Crippen LogP contribution in [0.1, 0.15) is 24.8 Å². The molecule has 98 valence electrons. The molecule has 0 saturated carbocycles. The van der Waals surface area contributed by atoms with Gasteiger partial charge in [0, 0.05) is 12.6 Å². The summed E-state index contributed by atoms with van der Waals surface area (Å²) < 4.78 is 0. The summed E-state index contributed by atoms with van der Waals surface area (Å²) in [6.07, 6.45) is 4.53. The zero-order chi connectivity index (χ0) is 13.8. The normalized spacial score (nSPS) is 18.7. The van der Waals surface area contributed by atoms with E-state index in [2.05, 4.69) is 4.98 Å². The molecule has 1 aliphatic rings. The van der Waals surface area contributed by atoms with Crippen LogP contribution in [-0.2, 0) is 4.79 Å². The van der Waals surface area contributed by atoms with Gasteiger partial charge >= 0.3 is 0 Å². The zero-order valence-electron chi connectivity index (χ0n) is 10.2. The largest absolute Gasteiger partial charge is 0.346 e. The van der Waals surface area contributed by atoms with Crippen molar-refractivity contribution in [2.45, 2.75) is 25.3 Å². The van der Waals surface area contributed by atoms with E-state index in [9.17, 15) is 14.9 Å². The van der Waals surface area contributed by atoms with Crippen LogP contribution in [0.3, 0.4) is 0 Å². The zero-order valence-corrected chi connectivity index (χ0v) is 10.2. The average Bonchev–Trinajstić information content (AvgIpc) is 2.46. The lowest BCUT2D eigenvalue weighted by molar-refractivity contribution is -0.385. The molecule has 0 aliphatic carbocycles. The number of hydrogen-bond acceptors (Lipinski definition) is 6. The minimum atomic E-state index is -0.592. The molecule has 7 heteroatoms. The van der Waals surface area contributed by atoms with Crippen molar-refractivity contribution in [3.8, 4) is 6.07 Å². The highest BCUT2D eigenvalue weighted by atomic mass is 16.6. The van der Waals surface area contributed by atoms with E-state index in [1.54, 1.807) is 4.90 Å². The minimum Gasteiger partial charge on any atom is -0.346 e. The summed E-state index contributed by atoms with van der Waals surface area (Å²) in [5.74, 6) is 0.352. The van der Waals surface area contributed by atoms with E-state index < -0.39 is 4.92 Å². The highest BCUT2D eigenvalue weighted by Crippen LogP contribution is 2.27. The Hall–Kier alpha value is -2.49. The molecule has 2 rings (SSSR count). The average molecular weight is 260 g/mol. The van der Waals surface area contributed by atoms with Crippen molar-refractivity contribution in [2.24, 2.45) is 0 Å². The van der Waals surface area contributed by atoms with Gasteiger partial charge in [-0.2, -0.15) is 5.26 Å². The molecule has 1 unspecified atom stereocenters. The topological polar surface area (TPSA) is 100 Å². The van der Waals surface area contributed by atoms with Gasteiger partial charge in [0.1, 0.15) is 29.9 Å². The number of piperidine rings is 1. The van der Waals surface area contributed by atoms with Gasteiger partial charge in [-0.25, -0.2) is 4.98 Å². The number of nitro groups is 1. The fourth-order valence-corrected chi connectivity index (χ4v) is 2.22. The summed E-state index contributed by atoms with van der Waals surface area (Å²) in [7, 11) is 0. The number of nitrogens with zero attached hydrogens (tertiary/aromatic N) is 4. The Balaban J connectivity index is 2.41. The van der Waals surface area contributed by atoms with Crippen LogP contribution in [0.15, 0.2) is 12.3 Å². The molecule has 0 bridgehead atoms. The first kappa shape index (κ1) is 13.0. The van der Waals surface area contributed by atoms with Gasteiger partial charge in [0.05, 0.1) is 11.0 Å². The van der Waals surface area contributed by atoms with E-state index in [1.165, 1.54) is 6.07 Å². The van der Waals surface area contributed by atoms with Crippen molar-refractivity contribution < 1.29 is 9.72 Å². The summed E-state index contributed by atoms with van der Waals surface area (Å²) in [5.41, 5.74) is -0.0945. The van der Waals surface area contributed by atoms with E-state index in [0.29, 0.717) is 18.8 Å². The molecular formula is C12H12N4O3. The maximum atomic E-state index is 11.1. The summed E-state index contributed by atoms with van der Waals surface area (Å²) >= 11 is 0. The van der Waals surface area contributed by atoms with E-state index in [-0.39, 0.29) is 17.3 Å².